The molecule has 0 aliphatic heterocycles. The molecule has 0 unspecified atom stereocenters. The van der Waals surface area contributed by atoms with Crippen LogP contribution in [0.5, 0.6) is 0 Å². The fourth-order valence-corrected chi connectivity index (χ4v) is 7.04. The summed E-state index contributed by atoms with van der Waals surface area (Å²) in [6, 6.07) is 2.64. The molecule has 28 heavy (non-hydrogen) atoms. The lowest BCUT2D eigenvalue weighted by molar-refractivity contribution is 0.0588. The van der Waals surface area contributed by atoms with Gasteiger partial charge in [0.05, 0.1) is 29.7 Å². The van der Waals surface area contributed by atoms with E-state index in [0.29, 0.717) is 0 Å². The van der Waals surface area contributed by atoms with E-state index in [1.165, 1.54) is 18.3 Å². The molecule has 0 aromatic carbocycles. The second-order valence-corrected chi connectivity index (χ2v) is 10.2. The zero-order valence-electron chi connectivity index (χ0n) is 15.8. The number of sulfone groups is 2. The Labute approximate surface area is 163 Å². The van der Waals surface area contributed by atoms with Crippen molar-refractivity contribution in [1.29, 1.82) is 0 Å². The van der Waals surface area contributed by atoms with E-state index in [-0.39, 0.29) is 35.4 Å². The molecule has 2 heterocycles. The number of esters is 1. The molecular weight excluding hydrogens is 408 g/mol. The van der Waals surface area contributed by atoms with Crippen LogP contribution in [0.2, 0.25) is 0 Å². The Morgan fingerprint density at radius 2 is 1.57 bits per heavy atom. The van der Waals surface area contributed by atoms with Gasteiger partial charge in [0.25, 0.3) is 5.91 Å². The number of ether oxygens (including phenoxy) is 1. The number of methoxy groups -OCH3 is 1. The maximum Gasteiger partial charge on any atom is 0.356 e. The molecule has 2 aromatic rings. The highest BCUT2D eigenvalue weighted by atomic mass is 32.2. The van der Waals surface area contributed by atoms with E-state index in [9.17, 15) is 26.4 Å². The number of primary amides is 1. The van der Waals surface area contributed by atoms with E-state index in [0.717, 1.165) is 11.5 Å². The molecule has 11 heteroatoms. The van der Waals surface area contributed by atoms with Crippen LogP contribution in [-0.2, 0) is 24.4 Å². The third-order valence-corrected chi connectivity index (χ3v) is 8.14. The predicted molar refractivity (Wildman–Crippen MR) is 102 cm³/mol. The minimum absolute atomic E-state index is 0.199. The largest absolute Gasteiger partial charge is 0.464 e. The van der Waals surface area contributed by atoms with Gasteiger partial charge in [0.1, 0.15) is 9.79 Å². The van der Waals surface area contributed by atoms with Crippen LogP contribution >= 0.6 is 0 Å². The van der Waals surface area contributed by atoms with Crippen molar-refractivity contribution in [2.24, 2.45) is 5.73 Å². The highest BCUT2D eigenvalue weighted by Gasteiger charge is 2.38. The number of hydrogen-bond acceptors (Lipinski definition) is 7. The van der Waals surface area contributed by atoms with Crippen molar-refractivity contribution in [3.63, 3.8) is 0 Å². The normalized spacial score (nSPS) is 12.2. The van der Waals surface area contributed by atoms with Gasteiger partial charge in [0, 0.05) is 6.20 Å². The molecule has 0 aliphatic carbocycles. The average Bonchev–Trinajstić information content (AvgIpc) is 2.97. The van der Waals surface area contributed by atoms with Crippen LogP contribution in [0.15, 0.2) is 28.1 Å². The summed E-state index contributed by atoms with van der Waals surface area (Å²) in [5.41, 5.74) is 4.47. The van der Waals surface area contributed by atoms with Crippen LogP contribution in [0, 0.1) is 0 Å². The van der Waals surface area contributed by atoms with Gasteiger partial charge in [-0.2, -0.15) is 0 Å². The second kappa shape index (κ2) is 7.92. The number of aromatic nitrogens is 1. The van der Waals surface area contributed by atoms with Gasteiger partial charge in [-0.25, -0.2) is 21.6 Å². The maximum atomic E-state index is 13.0. The van der Waals surface area contributed by atoms with E-state index >= 15 is 0 Å². The quantitative estimate of drug-likeness (QED) is 0.620. The molecule has 0 radical (unpaired) electrons. The van der Waals surface area contributed by atoms with Crippen molar-refractivity contribution in [2.75, 3.05) is 18.6 Å². The summed E-state index contributed by atoms with van der Waals surface area (Å²) in [5, 5.41) is 0. The fraction of sp³-hybridized carbons (Fsp3) is 0.412. The van der Waals surface area contributed by atoms with Crippen molar-refractivity contribution < 1.29 is 31.2 Å². The van der Waals surface area contributed by atoms with Crippen molar-refractivity contribution in [2.45, 2.75) is 36.5 Å². The first kappa shape index (κ1) is 21.9. The van der Waals surface area contributed by atoms with Crippen molar-refractivity contribution in [3.8, 4) is 0 Å². The zero-order chi connectivity index (χ0) is 21.3. The number of fused-ring (bicyclic) bond motifs is 1. The molecule has 2 aromatic heterocycles. The Hall–Kier alpha value is -2.40. The minimum atomic E-state index is -4.19. The molecule has 0 aliphatic rings. The van der Waals surface area contributed by atoms with Gasteiger partial charge >= 0.3 is 5.97 Å². The molecule has 2 rings (SSSR count). The summed E-state index contributed by atoms with van der Waals surface area (Å²) < 4.78 is 57.8. The smallest absolute Gasteiger partial charge is 0.356 e. The van der Waals surface area contributed by atoms with E-state index in [4.69, 9.17) is 10.5 Å². The molecule has 0 atom stereocenters. The molecule has 9 nitrogen and oxygen atoms in total. The van der Waals surface area contributed by atoms with Gasteiger partial charge in [-0.15, -0.1) is 0 Å². The predicted octanol–water partition coefficient (Wildman–Crippen LogP) is 1.19. The monoisotopic (exact) mass is 430 g/mol. The van der Waals surface area contributed by atoms with Crippen molar-refractivity contribution in [3.05, 3.63) is 29.6 Å². The van der Waals surface area contributed by atoms with E-state index in [2.05, 4.69) is 0 Å². The van der Waals surface area contributed by atoms with Crippen LogP contribution in [0.25, 0.3) is 5.52 Å². The number of carbonyl (C=O) groups excluding carboxylic acids is 2. The van der Waals surface area contributed by atoms with Crippen molar-refractivity contribution in [1.82, 2.24) is 4.40 Å². The molecule has 1 amide bonds. The Morgan fingerprint density at radius 1 is 1.04 bits per heavy atom. The number of hydrogen-bond donors (Lipinski definition) is 1. The van der Waals surface area contributed by atoms with Gasteiger partial charge in [-0.05, 0) is 25.0 Å². The molecular formula is C17H22N2O7S2. The SMILES string of the molecule is CCCS(=O)(=O)c1c(S(=O)(=O)CCC)c2c(C(N)=O)cccn2c1C(=O)OC. The first-order valence-electron chi connectivity index (χ1n) is 8.54. The summed E-state index contributed by atoms with van der Waals surface area (Å²) in [5.74, 6) is -2.74. The lowest BCUT2D eigenvalue weighted by Gasteiger charge is -2.08. The molecule has 0 fully saturated rings. The summed E-state index contributed by atoms with van der Waals surface area (Å²) >= 11 is 0. The zero-order valence-corrected chi connectivity index (χ0v) is 17.4. The molecule has 2 N–H and O–H groups in total. The van der Waals surface area contributed by atoms with E-state index in [1.807, 2.05) is 0 Å². The number of rotatable bonds is 8. The molecule has 154 valence electrons. The van der Waals surface area contributed by atoms with Crippen LogP contribution in [-0.4, -0.2) is 51.7 Å². The number of amides is 1. The molecule has 0 saturated carbocycles. The van der Waals surface area contributed by atoms with Gasteiger partial charge in [0.2, 0.25) is 0 Å². The van der Waals surface area contributed by atoms with E-state index in [1.54, 1.807) is 13.8 Å². The van der Waals surface area contributed by atoms with Gasteiger partial charge in [0.15, 0.2) is 25.4 Å². The average molecular weight is 431 g/mol. The summed E-state index contributed by atoms with van der Waals surface area (Å²) in [6.07, 6.45) is 1.70. The fourth-order valence-electron chi connectivity index (χ4n) is 3.06. The Balaban J connectivity index is 3.25. The van der Waals surface area contributed by atoms with Gasteiger partial charge in [-0.3, -0.25) is 4.79 Å². The molecule has 0 saturated heterocycles. The van der Waals surface area contributed by atoms with E-state index < -0.39 is 47.0 Å². The van der Waals surface area contributed by atoms with Crippen LogP contribution in [0.4, 0.5) is 0 Å². The lowest BCUT2D eigenvalue weighted by Crippen LogP contribution is -2.17. The number of carbonyl (C=O) groups is 2. The highest BCUT2D eigenvalue weighted by Crippen LogP contribution is 2.36. The second-order valence-electron chi connectivity index (χ2n) is 6.14. The summed E-state index contributed by atoms with van der Waals surface area (Å²) in [4.78, 5) is 23.2. The number of nitrogens with zero attached hydrogens (tertiary/aromatic N) is 1. The summed E-state index contributed by atoms with van der Waals surface area (Å²) in [7, 11) is -7.30. The Bertz CT molecular complexity index is 1150. The Morgan fingerprint density at radius 3 is 2.04 bits per heavy atom. The van der Waals surface area contributed by atoms with Crippen LogP contribution in [0.1, 0.15) is 47.5 Å². The first-order valence-corrected chi connectivity index (χ1v) is 11.8. The third kappa shape index (κ3) is 3.63. The van der Waals surface area contributed by atoms with Crippen LogP contribution < -0.4 is 5.73 Å². The lowest BCUT2D eigenvalue weighted by atomic mass is 10.2. The van der Waals surface area contributed by atoms with Gasteiger partial charge in [-0.1, -0.05) is 13.8 Å². The molecule has 0 bridgehead atoms. The molecule has 0 spiro atoms. The van der Waals surface area contributed by atoms with Crippen LogP contribution in [0.3, 0.4) is 0 Å². The number of pyridine rings is 1. The van der Waals surface area contributed by atoms with Crippen molar-refractivity contribution >= 4 is 37.1 Å². The third-order valence-electron chi connectivity index (χ3n) is 4.08. The first-order chi connectivity index (χ1) is 13.0. The summed E-state index contributed by atoms with van der Waals surface area (Å²) in [6.45, 7) is 3.23. The Kier molecular flexibility index (Phi) is 6.19. The maximum absolute atomic E-state index is 13.0. The topological polar surface area (TPSA) is 142 Å². The minimum Gasteiger partial charge on any atom is -0.464 e. The standard InChI is InChI=1S/C17H22N2O7S2/c1-4-9-27(22,23)14-12-11(16(18)20)7-6-8-19(12)13(17(21)26-3)15(14)28(24,25)10-5-2/h6-8H,4-5,9-10H2,1-3H3,(H2,18,20). The highest BCUT2D eigenvalue weighted by molar-refractivity contribution is 7.94. The van der Waals surface area contributed by atoms with Gasteiger partial charge < -0.3 is 14.9 Å². The number of nitrogens with two attached hydrogens (primary N) is 1.